The van der Waals surface area contributed by atoms with Gasteiger partial charge in [-0.1, -0.05) is 24.3 Å². The second-order valence-electron chi connectivity index (χ2n) is 8.44. The fourth-order valence-corrected chi connectivity index (χ4v) is 4.61. The highest BCUT2D eigenvalue weighted by Crippen LogP contribution is 2.34. The summed E-state index contributed by atoms with van der Waals surface area (Å²) in [5, 5.41) is 20.0. The Bertz CT molecular complexity index is 1090. The van der Waals surface area contributed by atoms with Gasteiger partial charge in [-0.05, 0) is 32.4 Å². The first-order valence-corrected chi connectivity index (χ1v) is 10.5. The summed E-state index contributed by atoms with van der Waals surface area (Å²) in [6.07, 6.45) is 0.325. The summed E-state index contributed by atoms with van der Waals surface area (Å²) in [6.45, 7) is 6.57. The molecular formula is C22H26N6O2. The Morgan fingerprint density at radius 1 is 1.13 bits per heavy atom. The summed E-state index contributed by atoms with van der Waals surface area (Å²) in [5.41, 5.74) is 1.27. The van der Waals surface area contributed by atoms with Gasteiger partial charge in [-0.15, -0.1) is 10.2 Å². The number of pyridine rings is 1. The molecule has 2 atom stereocenters. The van der Waals surface area contributed by atoms with Gasteiger partial charge in [0.1, 0.15) is 5.69 Å². The maximum atomic E-state index is 13.1. The Balaban J connectivity index is 1.37. The standard InChI is InChI=1S/C22H26N6O2/c1-14(2)28-12-16(29)11-19(28)21-25-24-20-13-26(9-10-27(20)21)22(30)18-8-7-15-5-3-4-6-17(15)23-18/h3-8,14,16,19,29H,9-13H2,1-2H3/t16-,19+/m1/s1. The number of amides is 1. The van der Waals surface area contributed by atoms with Gasteiger partial charge < -0.3 is 14.6 Å². The number of aromatic nitrogens is 4. The molecule has 8 nitrogen and oxygen atoms in total. The fourth-order valence-electron chi connectivity index (χ4n) is 4.61. The average molecular weight is 406 g/mol. The zero-order valence-electron chi connectivity index (χ0n) is 17.3. The molecule has 4 heterocycles. The minimum atomic E-state index is -0.342. The van der Waals surface area contributed by atoms with E-state index in [-0.39, 0.29) is 18.1 Å². The zero-order valence-corrected chi connectivity index (χ0v) is 17.3. The summed E-state index contributed by atoms with van der Waals surface area (Å²) in [4.78, 5) is 21.7. The van der Waals surface area contributed by atoms with Gasteiger partial charge in [0.05, 0.1) is 24.2 Å². The number of likely N-dealkylation sites (tertiary alicyclic amines) is 1. The summed E-state index contributed by atoms with van der Waals surface area (Å²) >= 11 is 0. The van der Waals surface area contributed by atoms with Crippen LogP contribution in [0.15, 0.2) is 36.4 Å². The molecule has 1 N–H and O–H groups in total. The normalized spacial score (nSPS) is 22.1. The molecule has 5 rings (SSSR count). The van der Waals surface area contributed by atoms with Crippen LogP contribution >= 0.6 is 0 Å². The molecule has 0 bridgehead atoms. The summed E-state index contributed by atoms with van der Waals surface area (Å²) < 4.78 is 2.12. The monoisotopic (exact) mass is 406 g/mol. The Hall–Kier alpha value is -2.84. The number of hydrogen-bond donors (Lipinski definition) is 1. The molecule has 1 aromatic carbocycles. The maximum absolute atomic E-state index is 13.1. The molecule has 30 heavy (non-hydrogen) atoms. The molecule has 1 amide bonds. The predicted octanol–water partition coefficient (Wildman–Crippen LogP) is 2.00. The molecular weight excluding hydrogens is 380 g/mol. The molecule has 0 unspecified atom stereocenters. The first-order chi connectivity index (χ1) is 14.5. The SMILES string of the molecule is CC(C)N1C[C@H](O)C[C@H]1c1nnc2n1CCN(C(=O)c1ccc3ccccc3n1)C2. The number of carbonyl (C=O) groups excluding carboxylic acids is 1. The van der Waals surface area contributed by atoms with Crippen LogP contribution in [0.3, 0.4) is 0 Å². The molecule has 0 spiro atoms. The zero-order chi connectivity index (χ0) is 20.8. The topological polar surface area (TPSA) is 87.4 Å². The van der Waals surface area contributed by atoms with E-state index < -0.39 is 0 Å². The highest BCUT2D eigenvalue weighted by atomic mass is 16.3. The molecule has 2 aromatic heterocycles. The Labute approximate surface area is 175 Å². The average Bonchev–Trinajstić information content (AvgIpc) is 3.35. The van der Waals surface area contributed by atoms with Crippen molar-refractivity contribution in [3.8, 4) is 0 Å². The number of rotatable bonds is 3. The van der Waals surface area contributed by atoms with Gasteiger partial charge in [-0.3, -0.25) is 9.69 Å². The molecule has 2 aliphatic rings. The Morgan fingerprint density at radius 2 is 1.97 bits per heavy atom. The largest absolute Gasteiger partial charge is 0.392 e. The second-order valence-corrected chi connectivity index (χ2v) is 8.44. The van der Waals surface area contributed by atoms with Gasteiger partial charge in [0.2, 0.25) is 0 Å². The third-order valence-electron chi connectivity index (χ3n) is 6.17. The highest BCUT2D eigenvalue weighted by Gasteiger charge is 2.38. The van der Waals surface area contributed by atoms with Gasteiger partial charge >= 0.3 is 0 Å². The van der Waals surface area contributed by atoms with Crippen molar-refractivity contribution in [1.82, 2.24) is 29.5 Å². The number of benzene rings is 1. The first-order valence-electron chi connectivity index (χ1n) is 10.5. The van der Waals surface area contributed by atoms with Crippen molar-refractivity contribution in [1.29, 1.82) is 0 Å². The summed E-state index contributed by atoms with van der Waals surface area (Å²) in [5.74, 6) is 1.60. The molecule has 1 saturated heterocycles. The molecule has 2 aliphatic heterocycles. The van der Waals surface area contributed by atoms with Crippen LogP contribution in [0.25, 0.3) is 10.9 Å². The van der Waals surface area contributed by atoms with Crippen molar-refractivity contribution in [2.45, 2.75) is 51.5 Å². The van der Waals surface area contributed by atoms with Crippen molar-refractivity contribution in [2.75, 3.05) is 13.1 Å². The van der Waals surface area contributed by atoms with Crippen molar-refractivity contribution < 1.29 is 9.90 Å². The minimum absolute atomic E-state index is 0.0608. The lowest BCUT2D eigenvalue weighted by Crippen LogP contribution is -2.40. The van der Waals surface area contributed by atoms with Crippen LogP contribution in [0, 0.1) is 0 Å². The fraction of sp³-hybridized carbons (Fsp3) is 0.455. The van der Waals surface area contributed by atoms with Crippen LogP contribution in [-0.2, 0) is 13.1 Å². The quantitative estimate of drug-likeness (QED) is 0.716. The van der Waals surface area contributed by atoms with E-state index in [1.165, 1.54) is 0 Å². The van der Waals surface area contributed by atoms with Crippen molar-refractivity contribution in [2.24, 2.45) is 0 Å². The smallest absolute Gasteiger partial charge is 0.272 e. The Kier molecular flexibility index (Phi) is 4.75. The van der Waals surface area contributed by atoms with Crippen LogP contribution in [0.1, 0.15) is 48.4 Å². The number of hydrogen-bond acceptors (Lipinski definition) is 6. The lowest BCUT2D eigenvalue weighted by molar-refractivity contribution is 0.0698. The van der Waals surface area contributed by atoms with Gasteiger partial charge in [0.15, 0.2) is 11.6 Å². The summed E-state index contributed by atoms with van der Waals surface area (Å²) in [7, 11) is 0. The second kappa shape index (κ2) is 7.45. The van der Waals surface area contributed by atoms with Crippen LogP contribution in [0.5, 0.6) is 0 Å². The van der Waals surface area contributed by atoms with Crippen LogP contribution in [-0.4, -0.2) is 65.8 Å². The van der Waals surface area contributed by atoms with Crippen molar-refractivity contribution >= 4 is 16.8 Å². The third kappa shape index (κ3) is 3.26. The molecule has 8 heteroatoms. The van der Waals surface area contributed by atoms with Crippen LogP contribution in [0.2, 0.25) is 0 Å². The van der Waals surface area contributed by atoms with Crippen molar-refractivity contribution in [3.63, 3.8) is 0 Å². The van der Waals surface area contributed by atoms with E-state index in [2.05, 4.69) is 38.5 Å². The van der Waals surface area contributed by atoms with Crippen LogP contribution < -0.4 is 0 Å². The molecule has 1 fully saturated rings. The Morgan fingerprint density at radius 3 is 2.80 bits per heavy atom. The van der Waals surface area contributed by atoms with Gasteiger partial charge in [0.25, 0.3) is 5.91 Å². The number of aliphatic hydroxyl groups is 1. The number of aliphatic hydroxyl groups excluding tert-OH is 1. The first kappa shape index (κ1) is 19.1. The third-order valence-corrected chi connectivity index (χ3v) is 6.17. The van der Waals surface area contributed by atoms with Gasteiger partial charge in [-0.2, -0.15) is 0 Å². The van der Waals surface area contributed by atoms with E-state index in [1.807, 2.05) is 30.3 Å². The highest BCUT2D eigenvalue weighted by molar-refractivity contribution is 5.94. The van der Waals surface area contributed by atoms with Gasteiger partial charge in [0, 0.05) is 31.1 Å². The van der Waals surface area contributed by atoms with Crippen molar-refractivity contribution in [3.05, 3.63) is 53.7 Å². The number of β-amino-alcohol motifs (C(OH)–C–C–N with tert-alkyl or cyclic N) is 1. The molecule has 3 aromatic rings. The van der Waals surface area contributed by atoms with E-state index in [0.29, 0.717) is 44.3 Å². The van der Waals surface area contributed by atoms with Gasteiger partial charge in [-0.25, -0.2) is 4.98 Å². The number of carbonyl (C=O) groups is 1. The van der Waals surface area contributed by atoms with E-state index in [0.717, 1.165) is 22.6 Å². The van der Waals surface area contributed by atoms with E-state index in [9.17, 15) is 9.90 Å². The number of fused-ring (bicyclic) bond motifs is 2. The molecule has 0 aliphatic carbocycles. The number of nitrogens with zero attached hydrogens (tertiary/aromatic N) is 6. The van der Waals surface area contributed by atoms with Crippen LogP contribution in [0.4, 0.5) is 0 Å². The van der Waals surface area contributed by atoms with E-state index in [4.69, 9.17) is 0 Å². The van der Waals surface area contributed by atoms with E-state index >= 15 is 0 Å². The molecule has 0 saturated carbocycles. The number of para-hydroxylation sites is 1. The maximum Gasteiger partial charge on any atom is 0.272 e. The van der Waals surface area contributed by atoms with E-state index in [1.54, 1.807) is 11.0 Å². The lowest BCUT2D eigenvalue weighted by atomic mass is 10.1. The minimum Gasteiger partial charge on any atom is -0.392 e. The summed E-state index contributed by atoms with van der Waals surface area (Å²) in [6, 6.07) is 11.9. The predicted molar refractivity (Wildman–Crippen MR) is 112 cm³/mol. The molecule has 0 radical (unpaired) electrons. The lowest BCUT2D eigenvalue weighted by Gasteiger charge is -2.31. The molecule has 156 valence electrons.